The lowest BCUT2D eigenvalue weighted by molar-refractivity contribution is 0.827. The second-order valence-electron chi connectivity index (χ2n) is 4.31. The van der Waals surface area contributed by atoms with Gasteiger partial charge in [-0.3, -0.25) is 4.79 Å². The van der Waals surface area contributed by atoms with Crippen LogP contribution in [0, 0.1) is 0 Å². The second-order valence-corrected chi connectivity index (χ2v) is 4.31. The molecule has 2 aromatic heterocycles. The van der Waals surface area contributed by atoms with Gasteiger partial charge in [0.05, 0.1) is 0 Å². The van der Waals surface area contributed by atoms with Gasteiger partial charge in [-0.1, -0.05) is 20.8 Å². The molecule has 2 heterocycles. The molecule has 0 aliphatic carbocycles. The third kappa shape index (κ3) is 1.85. The summed E-state index contributed by atoms with van der Waals surface area (Å²) in [4.78, 5) is 18.9. The highest BCUT2D eigenvalue weighted by Gasteiger charge is 2.05. The van der Waals surface area contributed by atoms with Crippen molar-refractivity contribution in [3.63, 3.8) is 0 Å². The van der Waals surface area contributed by atoms with Crippen LogP contribution in [-0.2, 0) is 6.42 Å². The predicted octanol–water partition coefficient (Wildman–Crippen LogP) is 2.61. The van der Waals surface area contributed by atoms with Crippen LogP contribution in [-0.4, -0.2) is 9.97 Å². The Labute approximate surface area is 94.5 Å². The maximum atomic E-state index is 11.6. The molecule has 0 unspecified atom stereocenters. The van der Waals surface area contributed by atoms with Gasteiger partial charge in [-0.2, -0.15) is 0 Å². The summed E-state index contributed by atoms with van der Waals surface area (Å²) < 4.78 is 0. The molecule has 0 atom stereocenters. The molecule has 3 nitrogen and oxygen atoms in total. The van der Waals surface area contributed by atoms with Crippen molar-refractivity contribution in [2.75, 3.05) is 0 Å². The summed E-state index contributed by atoms with van der Waals surface area (Å²) in [7, 11) is 0. The van der Waals surface area contributed by atoms with E-state index in [2.05, 4.69) is 23.8 Å². The van der Waals surface area contributed by atoms with Crippen LogP contribution in [0.25, 0.3) is 11.0 Å². The van der Waals surface area contributed by atoms with Crippen LogP contribution in [0.4, 0.5) is 0 Å². The molecule has 1 N–H and O–H groups in total. The van der Waals surface area contributed by atoms with E-state index in [1.54, 1.807) is 0 Å². The summed E-state index contributed by atoms with van der Waals surface area (Å²) in [6.07, 6.45) is 0.747. The van der Waals surface area contributed by atoms with Crippen LogP contribution in [0.15, 0.2) is 23.0 Å². The van der Waals surface area contributed by atoms with Gasteiger partial charge in [0.2, 0.25) is 0 Å². The Kier molecular flexibility index (Phi) is 2.77. The summed E-state index contributed by atoms with van der Waals surface area (Å²) >= 11 is 0. The van der Waals surface area contributed by atoms with Crippen molar-refractivity contribution < 1.29 is 0 Å². The molecule has 0 fully saturated rings. The van der Waals surface area contributed by atoms with Crippen molar-refractivity contribution in [1.82, 2.24) is 9.97 Å². The molecule has 2 rings (SSSR count). The van der Waals surface area contributed by atoms with Gasteiger partial charge in [-0.25, -0.2) is 4.98 Å². The number of hydrogen-bond acceptors (Lipinski definition) is 2. The van der Waals surface area contributed by atoms with Gasteiger partial charge in [-0.15, -0.1) is 0 Å². The van der Waals surface area contributed by atoms with Crippen molar-refractivity contribution >= 4 is 11.0 Å². The highest BCUT2D eigenvalue weighted by atomic mass is 16.1. The first kappa shape index (κ1) is 10.9. The predicted molar refractivity (Wildman–Crippen MR) is 65.8 cm³/mol. The summed E-state index contributed by atoms with van der Waals surface area (Å²) in [5.74, 6) is 0.374. The smallest absolute Gasteiger partial charge is 0.252 e. The van der Waals surface area contributed by atoms with Crippen LogP contribution in [0.2, 0.25) is 0 Å². The lowest BCUT2D eigenvalue weighted by Crippen LogP contribution is -2.12. The standard InChI is InChI=1S/C13H16N2O/c1-4-9-7-10-5-6-11(8(2)3)14-12(10)15-13(9)16/h5-8H,4H2,1-3H3,(H,14,15,16). The van der Waals surface area contributed by atoms with Crippen molar-refractivity contribution in [1.29, 1.82) is 0 Å². The molecular weight excluding hydrogens is 200 g/mol. The summed E-state index contributed by atoms with van der Waals surface area (Å²) in [5.41, 5.74) is 2.48. The van der Waals surface area contributed by atoms with E-state index in [-0.39, 0.29) is 5.56 Å². The van der Waals surface area contributed by atoms with Crippen LogP contribution in [0.3, 0.4) is 0 Å². The normalized spacial score (nSPS) is 11.2. The van der Waals surface area contributed by atoms with Crippen molar-refractivity contribution in [3.05, 3.63) is 39.8 Å². The molecule has 0 amide bonds. The maximum Gasteiger partial charge on any atom is 0.252 e. The number of H-pyrrole nitrogens is 1. The summed E-state index contributed by atoms with van der Waals surface area (Å²) in [6, 6.07) is 5.96. The molecule has 0 aromatic carbocycles. The van der Waals surface area contributed by atoms with Crippen molar-refractivity contribution in [2.24, 2.45) is 0 Å². The van der Waals surface area contributed by atoms with E-state index in [0.717, 1.165) is 23.1 Å². The van der Waals surface area contributed by atoms with Crippen LogP contribution >= 0.6 is 0 Å². The lowest BCUT2D eigenvalue weighted by atomic mass is 10.1. The van der Waals surface area contributed by atoms with Gasteiger partial charge in [-0.05, 0) is 30.5 Å². The van der Waals surface area contributed by atoms with Gasteiger partial charge in [0.1, 0.15) is 5.65 Å². The Balaban J connectivity index is 2.67. The molecule has 0 saturated carbocycles. The van der Waals surface area contributed by atoms with Crippen LogP contribution < -0.4 is 5.56 Å². The fourth-order valence-corrected chi connectivity index (χ4v) is 1.73. The molecule has 0 aliphatic heterocycles. The molecule has 0 bridgehead atoms. The lowest BCUT2D eigenvalue weighted by Gasteiger charge is -2.06. The van der Waals surface area contributed by atoms with E-state index < -0.39 is 0 Å². The monoisotopic (exact) mass is 216 g/mol. The van der Waals surface area contributed by atoms with Crippen molar-refractivity contribution in [2.45, 2.75) is 33.1 Å². The Morgan fingerprint density at radius 2 is 2.12 bits per heavy atom. The minimum Gasteiger partial charge on any atom is -0.306 e. The molecule has 3 heteroatoms. The third-order valence-corrected chi connectivity index (χ3v) is 2.77. The number of aromatic nitrogens is 2. The number of fused-ring (bicyclic) bond motifs is 1. The van der Waals surface area contributed by atoms with Gasteiger partial charge >= 0.3 is 0 Å². The van der Waals surface area contributed by atoms with Crippen molar-refractivity contribution in [3.8, 4) is 0 Å². The zero-order valence-corrected chi connectivity index (χ0v) is 9.87. The fraction of sp³-hybridized carbons (Fsp3) is 0.385. The average Bonchev–Trinajstić information content (AvgIpc) is 2.27. The van der Waals surface area contributed by atoms with E-state index in [1.165, 1.54) is 0 Å². The first-order chi connectivity index (χ1) is 7.61. The van der Waals surface area contributed by atoms with Gasteiger partial charge in [0, 0.05) is 16.6 Å². The van der Waals surface area contributed by atoms with Gasteiger partial charge < -0.3 is 4.98 Å². The molecule has 0 saturated heterocycles. The zero-order chi connectivity index (χ0) is 11.7. The van der Waals surface area contributed by atoms with E-state index in [4.69, 9.17) is 0 Å². The number of nitrogens with one attached hydrogen (secondary N) is 1. The van der Waals surface area contributed by atoms with Gasteiger partial charge in [0.25, 0.3) is 5.56 Å². The summed E-state index contributed by atoms with van der Waals surface area (Å²) in [6.45, 7) is 6.16. The second kappa shape index (κ2) is 4.08. The quantitative estimate of drug-likeness (QED) is 0.838. The highest BCUT2D eigenvalue weighted by Crippen LogP contribution is 2.15. The molecule has 0 aliphatic rings. The SMILES string of the molecule is CCc1cc2ccc(C(C)C)nc2[nH]c1=O. The zero-order valence-electron chi connectivity index (χ0n) is 9.87. The van der Waals surface area contributed by atoms with E-state index in [1.807, 2.05) is 25.1 Å². The first-order valence-corrected chi connectivity index (χ1v) is 5.64. The van der Waals surface area contributed by atoms with Crippen LogP contribution in [0.5, 0.6) is 0 Å². The topological polar surface area (TPSA) is 45.8 Å². The number of rotatable bonds is 2. The number of nitrogens with zero attached hydrogens (tertiary/aromatic N) is 1. The van der Waals surface area contributed by atoms with Gasteiger partial charge in [0.15, 0.2) is 0 Å². The molecular formula is C13H16N2O. The largest absolute Gasteiger partial charge is 0.306 e. The molecule has 2 aromatic rings. The number of hydrogen-bond donors (Lipinski definition) is 1. The Morgan fingerprint density at radius 3 is 2.75 bits per heavy atom. The Bertz CT molecular complexity index is 570. The fourth-order valence-electron chi connectivity index (χ4n) is 1.73. The molecule has 0 radical (unpaired) electrons. The van der Waals surface area contributed by atoms with E-state index in [0.29, 0.717) is 11.6 Å². The Morgan fingerprint density at radius 1 is 1.38 bits per heavy atom. The average molecular weight is 216 g/mol. The van der Waals surface area contributed by atoms with E-state index >= 15 is 0 Å². The number of pyridine rings is 2. The third-order valence-electron chi connectivity index (χ3n) is 2.77. The minimum absolute atomic E-state index is 0.0246. The summed E-state index contributed by atoms with van der Waals surface area (Å²) in [5, 5.41) is 1.00. The highest BCUT2D eigenvalue weighted by molar-refractivity contribution is 5.75. The minimum atomic E-state index is -0.0246. The number of aromatic amines is 1. The maximum absolute atomic E-state index is 11.6. The number of aryl methyl sites for hydroxylation is 1. The molecule has 84 valence electrons. The van der Waals surface area contributed by atoms with E-state index in [9.17, 15) is 4.79 Å². The molecule has 16 heavy (non-hydrogen) atoms. The Hall–Kier alpha value is -1.64. The first-order valence-electron chi connectivity index (χ1n) is 5.64. The molecule has 0 spiro atoms. The van der Waals surface area contributed by atoms with Crippen LogP contribution in [0.1, 0.15) is 37.9 Å².